The molecule has 2 aromatic carbocycles. The zero-order valence-corrected chi connectivity index (χ0v) is 40.9. The number of hydrogen-bond acceptors (Lipinski definition) is 10. The molecule has 0 unspecified atom stereocenters. The number of nitrogens with zero attached hydrogens (tertiary/aromatic N) is 8. The second-order valence-corrected chi connectivity index (χ2v) is 22.1. The van der Waals surface area contributed by atoms with Crippen LogP contribution in [0.4, 0.5) is 37.7 Å². The summed E-state index contributed by atoms with van der Waals surface area (Å²) < 4.78 is 78.0. The van der Waals surface area contributed by atoms with Crippen LogP contribution in [0.3, 0.4) is 0 Å². The molecule has 0 spiro atoms. The normalized spacial score (nSPS) is 11.5. The van der Waals surface area contributed by atoms with Gasteiger partial charge in [0.2, 0.25) is 0 Å². The van der Waals surface area contributed by atoms with Crippen LogP contribution in [-0.4, -0.2) is 59.8 Å². The van der Waals surface area contributed by atoms with Gasteiger partial charge in [0.25, 0.3) is 11.8 Å². The predicted molar refractivity (Wildman–Crippen MR) is 266 cm³/mol. The fourth-order valence-electron chi connectivity index (χ4n) is 7.04. The number of aromatic nitrogens is 8. The highest BCUT2D eigenvalue weighted by Gasteiger charge is 2.34. The molecule has 0 radical (unpaired) electrons. The van der Waals surface area contributed by atoms with Crippen molar-refractivity contribution in [2.45, 2.75) is 72.5 Å². The lowest BCUT2D eigenvalue weighted by Gasteiger charge is -2.14. The summed E-state index contributed by atoms with van der Waals surface area (Å²) in [5, 5.41) is 6.78. The van der Waals surface area contributed by atoms with Gasteiger partial charge in [0.1, 0.15) is 42.5 Å². The fourth-order valence-corrected chi connectivity index (χ4v) is 7.53. The van der Waals surface area contributed by atoms with E-state index in [1.54, 1.807) is 42.7 Å². The highest BCUT2D eigenvalue weighted by Crippen LogP contribution is 2.34. The van der Waals surface area contributed by atoms with Crippen molar-refractivity contribution in [1.29, 1.82) is 0 Å². The van der Waals surface area contributed by atoms with Crippen LogP contribution < -0.4 is 10.6 Å². The molecule has 8 rings (SSSR count). The Morgan fingerprint density at radius 2 is 1.01 bits per heavy atom. The van der Waals surface area contributed by atoms with Crippen molar-refractivity contribution in [3.63, 3.8) is 0 Å². The molecule has 0 saturated heterocycles. The Kier molecular flexibility index (Phi) is 14.9. The average molecular weight is 995 g/mol. The Morgan fingerprint density at radius 3 is 1.42 bits per heavy atom. The van der Waals surface area contributed by atoms with E-state index in [-0.39, 0.29) is 11.1 Å². The van der Waals surface area contributed by atoms with Crippen LogP contribution >= 0.6 is 0 Å². The number of rotatable bonds is 8. The summed E-state index contributed by atoms with van der Waals surface area (Å²) in [6, 6.07) is 18.1. The minimum absolute atomic E-state index is 0.146. The number of amides is 2. The number of nitrogens with one attached hydrogen (secondary N) is 2. The van der Waals surface area contributed by atoms with Gasteiger partial charge in [0.05, 0.1) is 0 Å². The molecule has 8 aromatic rings. The first-order valence-electron chi connectivity index (χ1n) is 22.3. The van der Waals surface area contributed by atoms with Crippen LogP contribution in [0.15, 0.2) is 97.6 Å². The molecule has 0 aliphatic rings. The van der Waals surface area contributed by atoms with Gasteiger partial charge >= 0.3 is 12.4 Å². The van der Waals surface area contributed by atoms with Gasteiger partial charge in [-0.3, -0.25) is 19.6 Å². The number of alkyl halides is 6. The van der Waals surface area contributed by atoms with E-state index in [0.29, 0.717) is 81.1 Å². The molecule has 19 heteroatoms. The van der Waals surface area contributed by atoms with Crippen molar-refractivity contribution in [1.82, 2.24) is 39.9 Å². The molecular formula is C53H44F6N10O2Si. The lowest BCUT2D eigenvalue weighted by molar-refractivity contribution is -0.142. The summed E-state index contributed by atoms with van der Waals surface area (Å²) in [6.07, 6.45) is 3.09. The first-order chi connectivity index (χ1) is 34.0. The minimum atomic E-state index is -4.65. The molecule has 0 fully saturated rings. The highest BCUT2D eigenvalue weighted by atomic mass is 28.3. The molecule has 0 bridgehead atoms. The summed E-state index contributed by atoms with van der Waals surface area (Å²) in [4.78, 5) is 58.9. The van der Waals surface area contributed by atoms with E-state index in [0.717, 1.165) is 46.1 Å². The van der Waals surface area contributed by atoms with Gasteiger partial charge in [-0.25, -0.2) is 29.9 Å². The maximum atomic E-state index is 13.1. The van der Waals surface area contributed by atoms with Gasteiger partial charge in [-0.05, 0) is 103 Å². The minimum Gasteiger partial charge on any atom is -0.322 e. The summed E-state index contributed by atoms with van der Waals surface area (Å²) in [5.41, 5.74) is 8.26. The summed E-state index contributed by atoms with van der Waals surface area (Å²) in [5.74, 6) is 5.81. The SMILES string of the molecule is C#Cc1nc2nc(CC)ncc2cc1-c1cc(NC(=O)c2ccnc(C(F)(F)F)c2)ccc1C.CCc1ncc2cc(-c3cc(NC(=O)c4ccnc(C(F)(F)F)c4)ccc3C)c(C#C[Si](C)(C)C)nc2n1. The topological polar surface area (TPSA) is 161 Å². The lowest BCUT2D eigenvalue weighted by atomic mass is 9.97. The number of pyridine rings is 4. The fraction of sp³-hybridized carbons (Fsp3) is 0.208. The van der Waals surface area contributed by atoms with E-state index in [1.807, 2.05) is 45.9 Å². The number of benzene rings is 2. The lowest BCUT2D eigenvalue weighted by Crippen LogP contribution is -2.16. The van der Waals surface area contributed by atoms with Gasteiger partial charge in [0, 0.05) is 82.0 Å². The number of terminal acetylenes is 1. The third kappa shape index (κ3) is 12.3. The van der Waals surface area contributed by atoms with Gasteiger partial charge in [-0.15, -0.1) is 12.0 Å². The van der Waals surface area contributed by atoms with Crippen LogP contribution in [0.1, 0.15) is 80.1 Å². The molecule has 2 N–H and O–H groups in total. The van der Waals surface area contributed by atoms with E-state index >= 15 is 0 Å². The molecule has 0 aliphatic heterocycles. The predicted octanol–water partition coefficient (Wildman–Crippen LogP) is 11.7. The van der Waals surface area contributed by atoms with E-state index in [1.165, 1.54) is 12.1 Å². The molecule has 2 amide bonds. The van der Waals surface area contributed by atoms with E-state index in [2.05, 4.69) is 82.5 Å². The van der Waals surface area contributed by atoms with Crippen LogP contribution in [0.5, 0.6) is 0 Å². The Morgan fingerprint density at radius 1 is 0.583 bits per heavy atom. The first-order valence-corrected chi connectivity index (χ1v) is 25.8. The molecule has 0 saturated carbocycles. The number of carbonyl (C=O) groups is 2. The van der Waals surface area contributed by atoms with Gasteiger partial charge in [-0.2, -0.15) is 26.3 Å². The van der Waals surface area contributed by atoms with Crippen LogP contribution in [-0.2, 0) is 25.2 Å². The Labute approximate surface area is 411 Å². The molecule has 6 heterocycles. The molecule has 72 heavy (non-hydrogen) atoms. The number of anilines is 2. The number of halogens is 6. The van der Waals surface area contributed by atoms with E-state index in [9.17, 15) is 35.9 Å². The second-order valence-electron chi connectivity index (χ2n) is 17.3. The second kappa shape index (κ2) is 20.9. The van der Waals surface area contributed by atoms with Gasteiger partial charge in [-0.1, -0.05) is 51.5 Å². The van der Waals surface area contributed by atoms with Crippen molar-refractivity contribution >= 4 is 53.3 Å². The third-order valence-corrected chi connectivity index (χ3v) is 11.6. The number of carbonyl (C=O) groups excluding carboxylic acids is 2. The van der Waals surface area contributed by atoms with Crippen LogP contribution in [0, 0.1) is 37.7 Å². The van der Waals surface area contributed by atoms with Crippen molar-refractivity contribution in [3.8, 4) is 46.1 Å². The van der Waals surface area contributed by atoms with E-state index in [4.69, 9.17) is 11.4 Å². The largest absolute Gasteiger partial charge is 0.433 e. The van der Waals surface area contributed by atoms with E-state index < -0.39 is 43.6 Å². The van der Waals surface area contributed by atoms with Crippen molar-refractivity contribution in [2.75, 3.05) is 10.6 Å². The summed E-state index contributed by atoms with van der Waals surface area (Å²) in [6.45, 7) is 14.1. The summed E-state index contributed by atoms with van der Waals surface area (Å²) in [7, 11) is -1.73. The third-order valence-electron chi connectivity index (χ3n) is 10.8. The van der Waals surface area contributed by atoms with Crippen molar-refractivity contribution in [2.24, 2.45) is 0 Å². The highest BCUT2D eigenvalue weighted by molar-refractivity contribution is 6.83. The average Bonchev–Trinajstić information content (AvgIpc) is 3.35. The standard InChI is InChI=1S/C28H26F3N5OSi.C25H18F3N5O/c1-6-25-33-16-19-13-22(23(35-26(19)36-25)10-12-38(3,4)5)21-15-20(8-7-17(21)2)34-27(37)18-9-11-32-24(14-18)28(29,30)31;1-4-20-19(10-16-13-30-22(5-2)33-23(16)32-20)18-12-17(7-6-14(18)3)31-24(34)15-8-9-29-21(11-15)25(26,27)28/h7-9,11,13-16H,6H2,1-5H3,(H,34,37);1,6-13H,5H2,2-3H3,(H,31,34). The van der Waals surface area contributed by atoms with Crippen LogP contribution in [0.2, 0.25) is 19.6 Å². The van der Waals surface area contributed by atoms with Gasteiger partial charge in [0.15, 0.2) is 11.3 Å². The Hall–Kier alpha value is -8.42. The molecule has 12 nitrogen and oxygen atoms in total. The monoisotopic (exact) mass is 994 g/mol. The maximum Gasteiger partial charge on any atom is 0.433 e. The van der Waals surface area contributed by atoms with Crippen molar-refractivity contribution in [3.05, 3.63) is 154 Å². The maximum absolute atomic E-state index is 13.1. The molecular weight excluding hydrogens is 951 g/mol. The number of fused-ring (bicyclic) bond motifs is 2. The molecule has 6 aromatic heterocycles. The van der Waals surface area contributed by atoms with Crippen LogP contribution in [0.25, 0.3) is 44.3 Å². The molecule has 0 aliphatic carbocycles. The quantitative estimate of drug-likeness (QED) is 0.0851. The smallest absolute Gasteiger partial charge is 0.322 e. The van der Waals surface area contributed by atoms with Crippen molar-refractivity contribution < 1.29 is 35.9 Å². The number of hydrogen-bond donors (Lipinski definition) is 2. The number of aryl methyl sites for hydroxylation is 4. The van der Waals surface area contributed by atoms with Gasteiger partial charge < -0.3 is 10.6 Å². The zero-order chi connectivity index (χ0) is 52.1. The first kappa shape index (κ1) is 51.4. The zero-order valence-electron chi connectivity index (χ0n) is 39.9. The molecule has 364 valence electrons. The summed E-state index contributed by atoms with van der Waals surface area (Å²) >= 11 is 0. The Bertz CT molecular complexity index is 3520. The Balaban J connectivity index is 0.000000213. The molecule has 0 atom stereocenters.